The molecule has 7 aromatic carbocycles. The van der Waals surface area contributed by atoms with E-state index in [1.54, 1.807) is 0 Å². The molecule has 7 aromatic rings. The second kappa shape index (κ2) is 21.9. The van der Waals surface area contributed by atoms with Gasteiger partial charge in [-0.05, 0) is 144 Å². The van der Waals surface area contributed by atoms with E-state index in [1.807, 2.05) is 10.6 Å². The van der Waals surface area contributed by atoms with E-state index in [0.717, 1.165) is 24.3 Å². The van der Waals surface area contributed by atoms with E-state index >= 15 is 26.3 Å². The number of ketones is 1. The summed E-state index contributed by atoms with van der Waals surface area (Å²) in [5.41, 5.74) is -13.5. The van der Waals surface area contributed by atoms with Crippen LogP contribution in [-0.4, -0.2) is 74.5 Å². The van der Waals surface area contributed by atoms with Crippen LogP contribution in [0.4, 0.5) is 75.4 Å². The van der Waals surface area contributed by atoms with E-state index in [0.29, 0.717) is 47.7 Å². The first-order valence-corrected chi connectivity index (χ1v) is 22.5. The molecule has 0 aliphatic heterocycles. The Morgan fingerprint density at radius 3 is 1.18 bits per heavy atom. The number of phenols is 2. The molecule has 3 amide bonds. The summed E-state index contributed by atoms with van der Waals surface area (Å²) in [6, 6.07) is 18.6. The number of Topliss-reactive ketones (excluding diaryl/α,β-unsaturated/α-hetero) is 1. The summed E-state index contributed by atoms with van der Waals surface area (Å²) in [7, 11) is 10.5. The van der Waals surface area contributed by atoms with Crippen LogP contribution in [0.1, 0.15) is 70.6 Å². The molecule has 6 N–H and O–H groups in total. The fraction of sp³-hybridized carbons (Fsp3) is 0.132. The number of alkyl halides is 12. The van der Waals surface area contributed by atoms with Crippen LogP contribution < -0.4 is 35.7 Å². The van der Waals surface area contributed by atoms with Crippen molar-refractivity contribution in [3.05, 3.63) is 190 Å². The van der Waals surface area contributed by atoms with E-state index in [1.165, 1.54) is 55.5 Å². The van der Waals surface area contributed by atoms with Crippen molar-refractivity contribution in [1.82, 2.24) is 5.73 Å². The smallest absolute Gasteiger partial charge is 0.411 e. The standard InChI is InChI=1S/C53H33B2F12N4O9/c1-26(72)27-5-13-35(14-6-27)78-36-15-7-28(8-16-36)45(75)70-39-25-34(12-20-43(39)79-54)49(52(62,63)64,53(65,66)67)32-10-18-42(74)38(23-32)69-46(76)29-3-2-4-30(21-29)47(77)71-40-24-33(11-19-44(40)80-55)48(50(56,57)58,51(59,60)61)31-9-17-41(73)37(68)22-31/h2-25,68,73-74H,1H3,(H,69,76)(H,70,75)(H,71,77). The topological polar surface area (TPSA) is 196 Å². The Kier molecular flexibility index (Phi) is 16.0. The van der Waals surface area contributed by atoms with Crippen molar-refractivity contribution in [2.75, 3.05) is 16.0 Å². The van der Waals surface area contributed by atoms with E-state index in [-0.39, 0.29) is 53.5 Å². The molecule has 0 heterocycles. The lowest BCUT2D eigenvalue weighted by molar-refractivity contribution is -0.290. The highest BCUT2D eigenvalue weighted by molar-refractivity contribution is 6.10. The van der Waals surface area contributed by atoms with Crippen molar-refractivity contribution < 1.29 is 96.1 Å². The monoisotopic (exact) mass is 1120 g/mol. The first-order chi connectivity index (χ1) is 37.4. The summed E-state index contributed by atoms with van der Waals surface area (Å²) >= 11 is 0. The molecule has 0 bridgehead atoms. The maximum absolute atomic E-state index is 15.5. The van der Waals surface area contributed by atoms with Gasteiger partial charge in [-0.1, -0.05) is 30.3 Å². The molecule has 0 aliphatic rings. The zero-order chi connectivity index (χ0) is 58.9. The highest BCUT2D eigenvalue weighted by atomic mass is 19.4. The lowest BCUT2D eigenvalue weighted by Crippen LogP contribution is -2.54. The number of aromatic hydroxyl groups is 2. The quantitative estimate of drug-likeness (QED) is 0.0287. The molecular formula is C53H33B2F12N4O9. The molecule has 409 valence electrons. The van der Waals surface area contributed by atoms with Crippen molar-refractivity contribution in [1.29, 1.82) is 0 Å². The number of phenolic OH excluding ortho intramolecular Hbond substituents is 2. The molecule has 0 aromatic heterocycles. The van der Waals surface area contributed by atoms with E-state index in [2.05, 4.69) is 14.6 Å². The zero-order valence-corrected chi connectivity index (χ0v) is 40.3. The van der Waals surface area contributed by atoms with Gasteiger partial charge in [0.15, 0.2) is 5.78 Å². The predicted molar refractivity (Wildman–Crippen MR) is 264 cm³/mol. The molecule has 0 atom stereocenters. The average Bonchev–Trinajstić information content (AvgIpc) is 3.59. The van der Waals surface area contributed by atoms with Gasteiger partial charge in [0.25, 0.3) is 17.7 Å². The second-order valence-electron chi connectivity index (χ2n) is 17.3. The van der Waals surface area contributed by atoms with Crippen molar-refractivity contribution in [2.45, 2.75) is 42.5 Å². The van der Waals surface area contributed by atoms with Crippen LogP contribution in [0.25, 0.3) is 0 Å². The van der Waals surface area contributed by atoms with Gasteiger partial charge >= 0.3 is 40.8 Å². The molecule has 0 spiro atoms. The number of rotatable bonds is 15. The van der Waals surface area contributed by atoms with Gasteiger partial charge in [0, 0.05) is 22.3 Å². The first kappa shape index (κ1) is 58.4. The molecule has 0 aliphatic carbocycles. The highest BCUT2D eigenvalue weighted by Gasteiger charge is 2.74. The third-order valence-electron chi connectivity index (χ3n) is 12.4. The van der Waals surface area contributed by atoms with Gasteiger partial charge in [-0.25, -0.2) is 0 Å². The number of halogens is 12. The number of nitrogens with one attached hydrogen (secondary N) is 4. The lowest BCUT2D eigenvalue weighted by Gasteiger charge is -2.38. The number of ether oxygens (including phenoxy) is 1. The number of carbonyl (C=O) groups excluding carboxylic acids is 4. The van der Waals surface area contributed by atoms with Crippen LogP contribution in [0, 0.1) is 0 Å². The second-order valence-corrected chi connectivity index (χ2v) is 17.3. The van der Waals surface area contributed by atoms with E-state index in [9.17, 15) is 55.7 Å². The van der Waals surface area contributed by atoms with Crippen molar-refractivity contribution >= 4 is 62.4 Å². The van der Waals surface area contributed by atoms with Gasteiger partial charge in [-0.15, -0.1) is 0 Å². The van der Waals surface area contributed by atoms with Crippen LogP contribution in [0.2, 0.25) is 0 Å². The normalized spacial score (nSPS) is 12.3. The Balaban J connectivity index is 1.18. The molecule has 27 heteroatoms. The average molecular weight is 1120 g/mol. The Bertz CT molecular complexity index is 3490. The molecule has 0 saturated carbocycles. The maximum atomic E-state index is 15.5. The third kappa shape index (κ3) is 11.1. The van der Waals surface area contributed by atoms with Crippen LogP contribution in [0.15, 0.2) is 146 Å². The van der Waals surface area contributed by atoms with Crippen molar-refractivity contribution in [3.8, 4) is 34.5 Å². The van der Waals surface area contributed by atoms with Crippen LogP contribution in [0.5, 0.6) is 34.5 Å². The zero-order valence-electron chi connectivity index (χ0n) is 40.3. The predicted octanol–water partition coefficient (Wildman–Crippen LogP) is 12.5. The van der Waals surface area contributed by atoms with Gasteiger partial charge in [-0.2, -0.15) is 52.7 Å². The molecule has 0 fully saturated rings. The summed E-state index contributed by atoms with van der Waals surface area (Å²) in [6.07, 6.45) is -25.1. The molecule has 7 rings (SSSR count). The Morgan fingerprint density at radius 1 is 0.438 bits per heavy atom. The number of benzene rings is 7. The van der Waals surface area contributed by atoms with Crippen LogP contribution in [-0.2, 0) is 10.8 Å². The molecule has 0 saturated heterocycles. The Labute approximate surface area is 446 Å². The van der Waals surface area contributed by atoms with Gasteiger partial charge < -0.3 is 40.2 Å². The fourth-order valence-corrected chi connectivity index (χ4v) is 8.48. The number of hydrogen-bond acceptors (Lipinski definition) is 9. The number of hydrogen-bond donors (Lipinski definition) is 5. The van der Waals surface area contributed by atoms with Crippen molar-refractivity contribution in [3.63, 3.8) is 0 Å². The Hall–Kier alpha value is -9.29. The molecule has 5 radical (unpaired) electrons. The highest BCUT2D eigenvalue weighted by Crippen LogP contribution is 2.59. The molecule has 0 unspecified atom stereocenters. The summed E-state index contributed by atoms with van der Waals surface area (Å²) in [6.45, 7) is 1.36. The summed E-state index contributed by atoms with van der Waals surface area (Å²) in [4.78, 5) is 52.3. The largest absolute Gasteiger partial charge is 0.566 e. The van der Waals surface area contributed by atoms with Gasteiger partial charge in [0.2, 0.25) is 10.8 Å². The minimum Gasteiger partial charge on any atom is -0.566 e. The third-order valence-corrected chi connectivity index (χ3v) is 12.4. The van der Waals surface area contributed by atoms with Crippen LogP contribution in [0.3, 0.4) is 0 Å². The first-order valence-electron chi connectivity index (χ1n) is 22.5. The summed E-state index contributed by atoms with van der Waals surface area (Å²) in [5, 5.41) is 26.6. The SMILES string of the molecule is [B]Oc1ccc(C(c2ccc(O)c([NH])c2)(C(F)(F)F)C(F)(F)F)cc1NC(=O)c1cccc(C(=O)Nc2cc(C(c3ccc(O[B])c(NC(=O)c4ccc(Oc5ccc(C(C)=O)cc5)cc4)c3)(C(F)(F)F)C(F)(F)F)ccc2O)c1. The van der Waals surface area contributed by atoms with Gasteiger partial charge in [-0.3, -0.25) is 24.9 Å². The number of amides is 3. The summed E-state index contributed by atoms with van der Waals surface area (Å²) < 4.78 is 197. The van der Waals surface area contributed by atoms with Gasteiger partial charge in [0.05, 0.1) is 22.7 Å². The van der Waals surface area contributed by atoms with Crippen LogP contribution >= 0.6 is 0 Å². The number of anilines is 3. The van der Waals surface area contributed by atoms with Crippen molar-refractivity contribution in [2.24, 2.45) is 0 Å². The minimum atomic E-state index is -6.31. The molecule has 80 heavy (non-hydrogen) atoms. The maximum Gasteiger partial charge on any atom is 0.411 e. The Morgan fingerprint density at radius 2 is 0.787 bits per heavy atom. The minimum absolute atomic E-state index is 0.134. The summed E-state index contributed by atoms with van der Waals surface area (Å²) in [5.74, 6) is -6.94. The van der Waals surface area contributed by atoms with E-state index < -0.39 is 132 Å². The van der Waals surface area contributed by atoms with Gasteiger partial charge in [0.1, 0.15) is 34.5 Å². The molecular weight excluding hydrogens is 1090 g/mol. The van der Waals surface area contributed by atoms with E-state index in [4.69, 9.17) is 26.6 Å². The lowest BCUT2D eigenvalue weighted by atomic mass is 9.72. The number of carbonyl (C=O) groups is 4. The fourth-order valence-electron chi connectivity index (χ4n) is 8.48. The molecule has 13 nitrogen and oxygen atoms in total.